The highest BCUT2D eigenvalue weighted by atomic mass is 35.5. The van der Waals surface area contributed by atoms with E-state index in [9.17, 15) is 0 Å². The zero-order chi connectivity index (χ0) is 17.7. The molecule has 5 rings (SSSR count). The zero-order valence-corrected chi connectivity index (χ0v) is 16.3. The summed E-state index contributed by atoms with van der Waals surface area (Å²) in [6.07, 6.45) is 2.53. The van der Waals surface area contributed by atoms with E-state index in [1.807, 2.05) is 19.1 Å². The Balaban J connectivity index is 0.00000180. The molecule has 0 radical (unpaired) electrons. The van der Waals surface area contributed by atoms with E-state index in [0.717, 1.165) is 36.7 Å². The second kappa shape index (κ2) is 7.22. The zero-order valence-electron chi connectivity index (χ0n) is 15.5. The number of nitrogens with one attached hydrogen (secondary N) is 1. The molecule has 0 aliphatic carbocycles. The number of piperazine rings is 1. The van der Waals surface area contributed by atoms with E-state index < -0.39 is 0 Å². The number of halogens is 1. The van der Waals surface area contributed by atoms with E-state index in [-0.39, 0.29) is 19.2 Å². The molecule has 3 aliphatic rings. The summed E-state index contributed by atoms with van der Waals surface area (Å²) in [7, 11) is 1.62. The number of aryl methyl sites for hydroxylation is 1. The van der Waals surface area contributed by atoms with Gasteiger partial charge in [-0.1, -0.05) is 0 Å². The number of nitrogens with zero attached hydrogens (tertiary/aromatic N) is 2. The molecule has 2 atom stereocenters. The number of methoxy groups -OCH3 is 1. The van der Waals surface area contributed by atoms with Gasteiger partial charge >= 0.3 is 0 Å². The van der Waals surface area contributed by atoms with E-state index >= 15 is 0 Å². The molecule has 0 spiro atoms. The van der Waals surface area contributed by atoms with Crippen LogP contribution in [0.25, 0.3) is 11.5 Å². The van der Waals surface area contributed by atoms with Crippen LogP contribution in [0.15, 0.2) is 16.5 Å². The first kappa shape index (κ1) is 18.4. The molecule has 0 saturated carbocycles. The molecule has 4 heterocycles. The first-order chi connectivity index (χ1) is 12.7. The van der Waals surface area contributed by atoms with Gasteiger partial charge in [-0.2, -0.15) is 0 Å². The van der Waals surface area contributed by atoms with Gasteiger partial charge in [0.25, 0.3) is 0 Å². The first-order valence-corrected chi connectivity index (χ1v) is 9.13. The molecule has 3 aliphatic heterocycles. The molecule has 2 aromatic rings. The standard InChI is InChI=1S/C19H23N3O4.ClH/c1-11-15(9-22-13-3-4-14(22)8-20-7-13)21-19(26-11)12-5-16(23-2)18-17(6-12)24-10-25-18;/h5-6,13-14,20H,3-4,7-10H2,1-2H3;1H/t13-,14+;. The predicted octanol–water partition coefficient (Wildman–Crippen LogP) is 2.75. The van der Waals surface area contributed by atoms with Gasteiger partial charge in [0.05, 0.1) is 12.8 Å². The minimum Gasteiger partial charge on any atom is -0.493 e. The fourth-order valence-electron chi connectivity index (χ4n) is 4.25. The second-order valence-corrected chi connectivity index (χ2v) is 7.15. The quantitative estimate of drug-likeness (QED) is 0.856. The Morgan fingerprint density at radius 2 is 2.00 bits per heavy atom. The Bertz CT molecular complexity index is 825. The topological polar surface area (TPSA) is 69.0 Å². The number of benzene rings is 1. The van der Waals surface area contributed by atoms with E-state index in [4.69, 9.17) is 23.6 Å². The fourth-order valence-corrected chi connectivity index (χ4v) is 4.25. The summed E-state index contributed by atoms with van der Waals surface area (Å²) in [6.45, 7) is 5.17. The maximum Gasteiger partial charge on any atom is 0.231 e. The lowest BCUT2D eigenvalue weighted by atomic mass is 10.2. The Morgan fingerprint density at radius 3 is 2.74 bits per heavy atom. The van der Waals surface area contributed by atoms with Crippen LogP contribution in [0, 0.1) is 6.92 Å². The summed E-state index contributed by atoms with van der Waals surface area (Å²) in [5.74, 6) is 3.40. The molecule has 7 nitrogen and oxygen atoms in total. The van der Waals surface area contributed by atoms with Crippen molar-refractivity contribution in [3.63, 3.8) is 0 Å². The number of oxazole rings is 1. The highest BCUT2D eigenvalue weighted by Crippen LogP contribution is 2.44. The lowest BCUT2D eigenvalue weighted by molar-refractivity contribution is 0.143. The van der Waals surface area contributed by atoms with Crippen molar-refractivity contribution in [3.05, 3.63) is 23.6 Å². The van der Waals surface area contributed by atoms with Crippen molar-refractivity contribution >= 4 is 12.4 Å². The lowest BCUT2D eigenvalue weighted by Crippen LogP contribution is -2.51. The molecule has 0 unspecified atom stereocenters. The summed E-state index contributed by atoms with van der Waals surface area (Å²) in [4.78, 5) is 7.37. The van der Waals surface area contributed by atoms with Gasteiger partial charge in [0.2, 0.25) is 18.4 Å². The molecule has 2 fully saturated rings. The summed E-state index contributed by atoms with van der Waals surface area (Å²) in [5.41, 5.74) is 1.85. The predicted molar refractivity (Wildman–Crippen MR) is 102 cm³/mol. The smallest absolute Gasteiger partial charge is 0.231 e. The molecule has 8 heteroatoms. The van der Waals surface area contributed by atoms with Gasteiger partial charge in [-0.15, -0.1) is 12.4 Å². The van der Waals surface area contributed by atoms with E-state index in [1.165, 1.54) is 12.8 Å². The number of hydrogen-bond acceptors (Lipinski definition) is 7. The molecular formula is C19H24ClN3O4. The number of ether oxygens (including phenoxy) is 3. The summed E-state index contributed by atoms with van der Waals surface area (Å²) in [6, 6.07) is 5.00. The lowest BCUT2D eigenvalue weighted by Gasteiger charge is -2.34. The van der Waals surface area contributed by atoms with Gasteiger partial charge < -0.3 is 23.9 Å². The number of fused-ring (bicyclic) bond motifs is 3. The molecule has 0 amide bonds. The third-order valence-corrected chi connectivity index (χ3v) is 5.66. The molecule has 27 heavy (non-hydrogen) atoms. The number of hydrogen-bond donors (Lipinski definition) is 1. The largest absolute Gasteiger partial charge is 0.493 e. The van der Waals surface area contributed by atoms with Crippen LogP contribution in [-0.4, -0.2) is 49.0 Å². The average Bonchev–Trinajstić information content (AvgIpc) is 3.31. The molecule has 1 N–H and O–H groups in total. The summed E-state index contributed by atoms with van der Waals surface area (Å²) < 4.78 is 22.4. The molecule has 146 valence electrons. The monoisotopic (exact) mass is 393 g/mol. The van der Waals surface area contributed by atoms with Crippen LogP contribution in [0.2, 0.25) is 0 Å². The number of aromatic nitrogens is 1. The molecule has 2 bridgehead atoms. The Labute approximate surface area is 164 Å². The fraction of sp³-hybridized carbons (Fsp3) is 0.526. The van der Waals surface area contributed by atoms with E-state index in [1.54, 1.807) is 7.11 Å². The van der Waals surface area contributed by atoms with Crippen LogP contribution in [0.3, 0.4) is 0 Å². The van der Waals surface area contributed by atoms with Crippen LogP contribution in [0.5, 0.6) is 17.2 Å². The first-order valence-electron chi connectivity index (χ1n) is 9.13. The Hall–Kier alpha value is -1.96. The van der Waals surface area contributed by atoms with Crippen molar-refractivity contribution < 1.29 is 18.6 Å². The van der Waals surface area contributed by atoms with Gasteiger partial charge in [-0.25, -0.2) is 4.98 Å². The number of rotatable bonds is 4. The van der Waals surface area contributed by atoms with Gasteiger partial charge in [0.15, 0.2) is 11.5 Å². The van der Waals surface area contributed by atoms with Gasteiger partial charge in [0, 0.05) is 37.3 Å². The highest BCUT2D eigenvalue weighted by Gasteiger charge is 2.37. The van der Waals surface area contributed by atoms with Crippen LogP contribution < -0.4 is 19.5 Å². The van der Waals surface area contributed by atoms with Crippen LogP contribution in [0.1, 0.15) is 24.3 Å². The SMILES string of the molecule is COc1cc(-c2nc(CN3[C@@H]4CC[C@H]3CNC4)c(C)o2)cc2c1OCO2.Cl. The van der Waals surface area contributed by atoms with Crippen LogP contribution >= 0.6 is 12.4 Å². The molecule has 1 aromatic carbocycles. The van der Waals surface area contributed by atoms with Crippen molar-refractivity contribution in [2.45, 2.75) is 38.4 Å². The minimum atomic E-state index is 0. The Kier molecular flexibility index (Phi) is 4.92. The average molecular weight is 394 g/mol. The van der Waals surface area contributed by atoms with Crippen molar-refractivity contribution in [1.29, 1.82) is 0 Å². The third kappa shape index (κ3) is 3.13. The molecule has 1 aromatic heterocycles. The minimum absolute atomic E-state index is 0. The Morgan fingerprint density at radius 1 is 1.22 bits per heavy atom. The normalized spacial score (nSPS) is 23.3. The van der Waals surface area contributed by atoms with E-state index in [2.05, 4.69) is 10.2 Å². The molecule has 2 saturated heterocycles. The molecular weight excluding hydrogens is 370 g/mol. The van der Waals surface area contributed by atoms with Crippen molar-refractivity contribution in [3.8, 4) is 28.7 Å². The summed E-state index contributed by atoms with van der Waals surface area (Å²) >= 11 is 0. The van der Waals surface area contributed by atoms with Gasteiger partial charge in [0.1, 0.15) is 5.76 Å². The van der Waals surface area contributed by atoms with Gasteiger partial charge in [-0.3, -0.25) is 4.90 Å². The van der Waals surface area contributed by atoms with Crippen molar-refractivity contribution in [2.24, 2.45) is 0 Å². The van der Waals surface area contributed by atoms with Crippen molar-refractivity contribution in [2.75, 3.05) is 27.0 Å². The third-order valence-electron chi connectivity index (χ3n) is 5.66. The second-order valence-electron chi connectivity index (χ2n) is 7.15. The van der Waals surface area contributed by atoms with Crippen LogP contribution in [0.4, 0.5) is 0 Å². The maximum absolute atomic E-state index is 5.99. The van der Waals surface area contributed by atoms with Crippen LogP contribution in [-0.2, 0) is 6.54 Å². The maximum atomic E-state index is 5.99. The van der Waals surface area contributed by atoms with Gasteiger partial charge in [-0.05, 0) is 31.9 Å². The van der Waals surface area contributed by atoms with E-state index in [0.29, 0.717) is 35.2 Å². The summed E-state index contributed by atoms with van der Waals surface area (Å²) in [5, 5.41) is 3.52. The highest BCUT2D eigenvalue weighted by molar-refractivity contribution is 5.85. The van der Waals surface area contributed by atoms with Crippen molar-refractivity contribution in [1.82, 2.24) is 15.2 Å².